The van der Waals surface area contributed by atoms with Gasteiger partial charge in [0.1, 0.15) is 12.0 Å². The average Bonchev–Trinajstić information content (AvgIpc) is 2.92. The fourth-order valence-electron chi connectivity index (χ4n) is 1.75. The van der Waals surface area contributed by atoms with Gasteiger partial charge in [-0.1, -0.05) is 11.6 Å². The summed E-state index contributed by atoms with van der Waals surface area (Å²) in [5, 5.41) is 3.81. The maximum absolute atomic E-state index is 6.00. The first-order valence-electron chi connectivity index (χ1n) is 6.22. The number of hydrogen-bond acceptors (Lipinski definition) is 5. The van der Waals surface area contributed by atoms with Gasteiger partial charge in [0.25, 0.3) is 0 Å². The lowest BCUT2D eigenvalue weighted by Crippen LogP contribution is -2.18. The van der Waals surface area contributed by atoms with Gasteiger partial charge in [-0.2, -0.15) is 0 Å². The van der Waals surface area contributed by atoms with Gasteiger partial charge in [0, 0.05) is 25.2 Å². The third-order valence-electron chi connectivity index (χ3n) is 2.73. The largest absolute Gasteiger partial charge is 0.496 e. The van der Waals surface area contributed by atoms with Crippen LogP contribution in [0.4, 0.5) is 0 Å². The third kappa shape index (κ3) is 3.72. The Labute approximate surface area is 122 Å². The summed E-state index contributed by atoms with van der Waals surface area (Å²) in [4.78, 5) is 4.42. The van der Waals surface area contributed by atoms with Crippen molar-refractivity contribution < 1.29 is 13.9 Å². The van der Waals surface area contributed by atoms with E-state index in [0.717, 1.165) is 17.8 Å². The van der Waals surface area contributed by atoms with Crippen LogP contribution in [0.5, 0.6) is 5.75 Å². The Kier molecular flexibility index (Phi) is 5.40. The zero-order chi connectivity index (χ0) is 14.4. The highest BCUT2D eigenvalue weighted by molar-refractivity contribution is 6.30. The highest BCUT2D eigenvalue weighted by Gasteiger charge is 2.12. The topological polar surface area (TPSA) is 56.5 Å². The average molecular weight is 297 g/mol. The standard InChI is InChI=1S/C14H17ClN2O3/c1-18-6-5-16-8-11-9-20-14(17-11)12-7-10(15)3-4-13(12)19-2/h3-4,7,9,16H,5-6,8H2,1-2H3. The summed E-state index contributed by atoms with van der Waals surface area (Å²) in [6, 6.07) is 5.33. The summed E-state index contributed by atoms with van der Waals surface area (Å²) in [6.07, 6.45) is 1.62. The maximum atomic E-state index is 6.00. The van der Waals surface area contributed by atoms with Crippen molar-refractivity contribution in [3.63, 3.8) is 0 Å². The van der Waals surface area contributed by atoms with Crippen LogP contribution in [0, 0.1) is 0 Å². The molecule has 0 radical (unpaired) electrons. The van der Waals surface area contributed by atoms with E-state index < -0.39 is 0 Å². The molecule has 0 fully saturated rings. The van der Waals surface area contributed by atoms with E-state index in [0.29, 0.717) is 29.8 Å². The second-order valence-corrected chi connectivity index (χ2v) is 4.59. The number of aromatic nitrogens is 1. The van der Waals surface area contributed by atoms with E-state index in [9.17, 15) is 0 Å². The molecule has 0 aliphatic carbocycles. The summed E-state index contributed by atoms with van der Waals surface area (Å²) in [5.74, 6) is 1.17. The highest BCUT2D eigenvalue weighted by atomic mass is 35.5. The molecule has 0 saturated carbocycles. The predicted molar refractivity (Wildman–Crippen MR) is 77.1 cm³/mol. The van der Waals surface area contributed by atoms with Crippen molar-refractivity contribution >= 4 is 11.6 Å². The Morgan fingerprint density at radius 3 is 2.95 bits per heavy atom. The molecular weight excluding hydrogens is 280 g/mol. The van der Waals surface area contributed by atoms with Gasteiger partial charge in [-0.05, 0) is 18.2 Å². The molecule has 2 aromatic rings. The smallest absolute Gasteiger partial charge is 0.230 e. The van der Waals surface area contributed by atoms with E-state index in [1.54, 1.807) is 38.7 Å². The van der Waals surface area contributed by atoms with E-state index in [2.05, 4.69) is 10.3 Å². The number of nitrogens with zero attached hydrogens (tertiary/aromatic N) is 1. The zero-order valence-electron chi connectivity index (χ0n) is 11.5. The van der Waals surface area contributed by atoms with Crippen LogP contribution in [0.25, 0.3) is 11.5 Å². The Bertz CT molecular complexity index is 557. The maximum Gasteiger partial charge on any atom is 0.230 e. The molecule has 6 heteroatoms. The molecule has 0 aliphatic rings. The van der Waals surface area contributed by atoms with Crippen LogP contribution in [0.15, 0.2) is 28.9 Å². The summed E-state index contributed by atoms with van der Waals surface area (Å²) in [7, 11) is 3.27. The SMILES string of the molecule is COCCNCc1coc(-c2cc(Cl)ccc2OC)n1. The number of benzene rings is 1. The summed E-state index contributed by atoms with van der Waals surface area (Å²) >= 11 is 6.00. The van der Waals surface area contributed by atoms with Gasteiger partial charge in [0.2, 0.25) is 5.89 Å². The van der Waals surface area contributed by atoms with Crippen molar-refractivity contribution in [2.75, 3.05) is 27.4 Å². The molecule has 1 heterocycles. The molecule has 0 atom stereocenters. The Morgan fingerprint density at radius 2 is 2.20 bits per heavy atom. The molecule has 5 nitrogen and oxygen atoms in total. The Balaban J connectivity index is 2.10. The molecule has 2 rings (SSSR count). The van der Waals surface area contributed by atoms with Gasteiger partial charge in [0.15, 0.2) is 0 Å². The van der Waals surface area contributed by atoms with Crippen molar-refractivity contribution in [1.29, 1.82) is 0 Å². The van der Waals surface area contributed by atoms with Crippen molar-refractivity contribution in [3.05, 3.63) is 35.2 Å². The number of nitrogens with one attached hydrogen (secondary N) is 1. The fraction of sp³-hybridized carbons (Fsp3) is 0.357. The van der Waals surface area contributed by atoms with Crippen LogP contribution < -0.4 is 10.1 Å². The number of ether oxygens (including phenoxy) is 2. The highest BCUT2D eigenvalue weighted by Crippen LogP contribution is 2.31. The van der Waals surface area contributed by atoms with E-state index in [1.165, 1.54) is 0 Å². The monoisotopic (exact) mass is 296 g/mol. The van der Waals surface area contributed by atoms with Gasteiger partial charge < -0.3 is 19.2 Å². The minimum Gasteiger partial charge on any atom is -0.496 e. The molecule has 1 N–H and O–H groups in total. The lowest BCUT2D eigenvalue weighted by Gasteiger charge is -2.05. The summed E-state index contributed by atoms with van der Waals surface area (Å²) in [6.45, 7) is 2.04. The molecule has 0 saturated heterocycles. The first-order chi connectivity index (χ1) is 9.74. The number of oxazole rings is 1. The third-order valence-corrected chi connectivity index (χ3v) is 2.97. The van der Waals surface area contributed by atoms with E-state index in [1.807, 2.05) is 0 Å². The molecular formula is C14H17ClN2O3. The van der Waals surface area contributed by atoms with Crippen LogP contribution in [-0.2, 0) is 11.3 Å². The Hall–Kier alpha value is -1.56. The second kappa shape index (κ2) is 7.28. The van der Waals surface area contributed by atoms with Crippen molar-refractivity contribution in [3.8, 4) is 17.2 Å². The van der Waals surface area contributed by atoms with Gasteiger partial charge in [-0.15, -0.1) is 0 Å². The Morgan fingerprint density at radius 1 is 1.35 bits per heavy atom. The molecule has 1 aromatic carbocycles. The normalized spacial score (nSPS) is 10.8. The van der Waals surface area contributed by atoms with Crippen LogP contribution in [0.3, 0.4) is 0 Å². The van der Waals surface area contributed by atoms with E-state index in [4.69, 9.17) is 25.5 Å². The molecule has 0 bridgehead atoms. The first-order valence-corrected chi connectivity index (χ1v) is 6.60. The first kappa shape index (κ1) is 14.8. The number of halogens is 1. The minimum atomic E-state index is 0.493. The van der Waals surface area contributed by atoms with Crippen LogP contribution in [0.2, 0.25) is 5.02 Å². The van der Waals surface area contributed by atoms with Crippen LogP contribution >= 0.6 is 11.6 Å². The molecule has 0 amide bonds. The summed E-state index contributed by atoms with van der Waals surface area (Å²) < 4.78 is 15.7. The predicted octanol–water partition coefficient (Wildman–Crippen LogP) is 2.74. The van der Waals surface area contributed by atoms with Gasteiger partial charge in [-0.25, -0.2) is 4.98 Å². The second-order valence-electron chi connectivity index (χ2n) is 4.16. The fourth-order valence-corrected chi connectivity index (χ4v) is 1.92. The lowest BCUT2D eigenvalue weighted by atomic mass is 10.2. The molecule has 0 aliphatic heterocycles. The molecule has 20 heavy (non-hydrogen) atoms. The van der Waals surface area contributed by atoms with Gasteiger partial charge in [0.05, 0.1) is 25.0 Å². The molecule has 1 aromatic heterocycles. The minimum absolute atomic E-state index is 0.493. The van der Waals surface area contributed by atoms with Gasteiger partial charge >= 0.3 is 0 Å². The summed E-state index contributed by atoms with van der Waals surface area (Å²) in [5.41, 5.74) is 1.56. The number of rotatable bonds is 7. The van der Waals surface area contributed by atoms with E-state index >= 15 is 0 Å². The number of hydrogen-bond donors (Lipinski definition) is 1. The van der Waals surface area contributed by atoms with Crippen molar-refractivity contribution in [1.82, 2.24) is 10.3 Å². The van der Waals surface area contributed by atoms with Gasteiger partial charge in [-0.3, -0.25) is 0 Å². The van der Waals surface area contributed by atoms with Crippen molar-refractivity contribution in [2.24, 2.45) is 0 Å². The molecule has 0 spiro atoms. The van der Waals surface area contributed by atoms with E-state index in [-0.39, 0.29) is 0 Å². The van der Waals surface area contributed by atoms with Crippen molar-refractivity contribution in [2.45, 2.75) is 6.54 Å². The quantitative estimate of drug-likeness (QED) is 0.796. The number of methoxy groups -OCH3 is 2. The zero-order valence-corrected chi connectivity index (χ0v) is 12.2. The van der Waals surface area contributed by atoms with Crippen LogP contribution in [-0.4, -0.2) is 32.4 Å². The molecule has 0 unspecified atom stereocenters. The molecule has 108 valence electrons. The van der Waals surface area contributed by atoms with Crippen LogP contribution in [0.1, 0.15) is 5.69 Å². The lowest BCUT2D eigenvalue weighted by molar-refractivity contribution is 0.199.